The van der Waals surface area contributed by atoms with Crippen molar-refractivity contribution in [3.8, 4) is 0 Å². The zero-order valence-corrected chi connectivity index (χ0v) is 11.0. The van der Waals surface area contributed by atoms with E-state index in [-0.39, 0.29) is 0 Å². The monoisotopic (exact) mass is 250 g/mol. The number of aromatic nitrogens is 1. The summed E-state index contributed by atoms with van der Waals surface area (Å²) in [5.74, 6) is 0. The first-order valence-electron chi connectivity index (χ1n) is 6.55. The Morgan fingerprint density at radius 1 is 1.28 bits per heavy atom. The van der Waals surface area contributed by atoms with Crippen molar-refractivity contribution in [1.29, 1.82) is 0 Å². The summed E-state index contributed by atoms with van der Waals surface area (Å²) in [5.41, 5.74) is 2.11. The number of hydrogen-bond acceptors (Lipinski definition) is 5. The molecule has 1 aliphatic rings. The Labute approximate surface area is 109 Å². The van der Waals surface area contributed by atoms with Gasteiger partial charge in [0.2, 0.25) is 0 Å². The Morgan fingerprint density at radius 2 is 2.06 bits per heavy atom. The van der Waals surface area contributed by atoms with Crippen LogP contribution in [0.2, 0.25) is 0 Å². The van der Waals surface area contributed by atoms with Crippen LogP contribution in [0.25, 0.3) is 0 Å². The molecule has 0 saturated carbocycles. The lowest BCUT2D eigenvalue weighted by Gasteiger charge is -2.26. The summed E-state index contributed by atoms with van der Waals surface area (Å²) in [6.07, 6.45) is 4.82. The molecule has 1 aromatic heterocycles. The van der Waals surface area contributed by atoms with Crippen LogP contribution in [0.5, 0.6) is 0 Å². The Hall–Kier alpha value is -1.33. The van der Waals surface area contributed by atoms with Gasteiger partial charge >= 0.3 is 0 Å². The molecule has 0 atom stereocenters. The normalized spacial score (nSPS) is 16.5. The Kier molecular flexibility index (Phi) is 5.23. The van der Waals surface area contributed by atoms with E-state index in [1.807, 2.05) is 19.4 Å². The van der Waals surface area contributed by atoms with Crippen molar-refractivity contribution in [2.24, 2.45) is 0 Å². The van der Waals surface area contributed by atoms with Crippen molar-refractivity contribution in [3.63, 3.8) is 0 Å². The summed E-state index contributed by atoms with van der Waals surface area (Å²) in [6.45, 7) is 6.00. The third-order valence-corrected chi connectivity index (χ3v) is 3.11. The fourth-order valence-electron chi connectivity index (χ4n) is 2.03. The van der Waals surface area contributed by atoms with Gasteiger partial charge in [0.15, 0.2) is 0 Å². The highest BCUT2D eigenvalue weighted by molar-refractivity contribution is 5.53. The molecule has 18 heavy (non-hydrogen) atoms. The number of pyridine rings is 1. The van der Waals surface area contributed by atoms with Crippen LogP contribution in [0.1, 0.15) is 6.42 Å². The lowest BCUT2D eigenvalue weighted by Crippen LogP contribution is -2.37. The maximum Gasteiger partial charge on any atom is 0.0594 e. The van der Waals surface area contributed by atoms with Gasteiger partial charge in [-0.25, -0.2) is 0 Å². The Bertz CT molecular complexity index is 353. The number of nitrogens with one attached hydrogen (secondary N) is 2. The van der Waals surface area contributed by atoms with Gasteiger partial charge < -0.3 is 15.4 Å². The molecule has 1 fully saturated rings. The molecule has 1 aromatic rings. The highest BCUT2D eigenvalue weighted by Crippen LogP contribution is 2.11. The van der Waals surface area contributed by atoms with E-state index in [1.54, 1.807) is 0 Å². The maximum absolute atomic E-state index is 5.33. The molecular weight excluding hydrogens is 228 g/mol. The summed E-state index contributed by atoms with van der Waals surface area (Å²) in [7, 11) is 1.90. The third kappa shape index (κ3) is 4.16. The first-order chi connectivity index (χ1) is 8.88. The fourth-order valence-corrected chi connectivity index (χ4v) is 2.03. The minimum atomic E-state index is 0.877. The molecule has 0 amide bonds. The molecule has 5 heteroatoms. The average molecular weight is 250 g/mol. The molecule has 100 valence electrons. The van der Waals surface area contributed by atoms with Gasteiger partial charge in [-0.2, -0.15) is 0 Å². The summed E-state index contributed by atoms with van der Waals surface area (Å²) in [5, 5.41) is 6.48. The zero-order chi connectivity index (χ0) is 12.6. The van der Waals surface area contributed by atoms with Crippen molar-refractivity contribution in [3.05, 3.63) is 18.5 Å². The molecule has 2 N–H and O–H groups in total. The first-order valence-corrected chi connectivity index (χ1v) is 6.55. The lowest BCUT2D eigenvalue weighted by atomic mass is 10.3. The Balaban J connectivity index is 1.65. The van der Waals surface area contributed by atoms with Crippen molar-refractivity contribution < 1.29 is 4.74 Å². The SMILES string of the molecule is CNc1cncc(NCCCN2CCOCC2)c1. The predicted molar refractivity (Wildman–Crippen MR) is 74.1 cm³/mol. The molecule has 0 unspecified atom stereocenters. The van der Waals surface area contributed by atoms with Gasteiger partial charge in [0.25, 0.3) is 0 Å². The minimum Gasteiger partial charge on any atom is -0.387 e. The molecule has 0 spiro atoms. The van der Waals surface area contributed by atoms with E-state index < -0.39 is 0 Å². The van der Waals surface area contributed by atoms with Crippen LogP contribution < -0.4 is 10.6 Å². The van der Waals surface area contributed by atoms with Gasteiger partial charge in [-0.15, -0.1) is 0 Å². The molecule has 0 bridgehead atoms. The number of ether oxygens (including phenoxy) is 1. The van der Waals surface area contributed by atoms with Gasteiger partial charge in [-0.3, -0.25) is 9.88 Å². The van der Waals surface area contributed by atoms with Crippen LogP contribution >= 0.6 is 0 Å². The van der Waals surface area contributed by atoms with Gasteiger partial charge in [-0.05, 0) is 19.0 Å². The van der Waals surface area contributed by atoms with Gasteiger partial charge in [0.05, 0.1) is 37.0 Å². The van der Waals surface area contributed by atoms with E-state index in [9.17, 15) is 0 Å². The van der Waals surface area contributed by atoms with Crippen LogP contribution in [0.3, 0.4) is 0 Å². The quantitative estimate of drug-likeness (QED) is 0.744. The van der Waals surface area contributed by atoms with Crippen LogP contribution in [-0.2, 0) is 4.74 Å². The highest BCUT2D eigenvalue weighted by atomic mass is 16.5. The molecular formula is C13H22N4O. The molecule has 0 radical (unpaired) electrons. The van der Waals surface area contributed by atoms with Gasteiger partial charge in [0, 0.05) is 26.7 Å². The molecule has 0 aliphatic carbocycles. The van der Waals surface area contributed by atoms with E-state index in [4.69, 9.17) is 4.74 Å². The summed E-state index contributed by atoms with van der Waals surface area (Å²) >= 11 is 0. The summed E-state index contributed by atoms with van der Waals surface area (Å²) in [6, 6.07) is 2.07. The van der Waals surface area contributed by atoms with Crippen molar-refractivity contribution >= 4 is 11.4 Å². The average Bonchev–Trinajstić information content (AvgIpc) is 2.45. The van der Waals surface area contributed by atoms with E-state index in [0.717, 1.165) is 57.2 Å². The largest absolute Gasteiger partial charge is 0.387 e. The third-order valence-electron chi connectivity index (χ3n) is 3.11. The number of nitrogens with zero attached hydrogens (tertiary/aromatic N) is 2. The molecule has 2 heterocycles. The number of morpholine rings is 1. The standard InChI is InChI=1S/C13H22N4O/c1-14-12-9-13(11-15-10-12)16-3-2-4-17-5-7-18-8-6-17/h9-11,14,16H,2-8H2,1H3. The van der Waals surface area contributed by atoms with Crippen LogP contribution in [-0.4, -0.2) is 56.3 Å². The lowest BCUT2D eigenvalue weighted by molar-refractivity contribution is 0.0378. The van der Waals surface area contributed by atoms with E-state index in [2.05, 4.69) is 26.6 Å². The predicted octanol–water partition coefficient (Wildman–Crippen LogP) is 1.26. The topological polar surface area (TPSA) is 49.4 Å². The Morgan fingerprint density at radius 3 is 2.83 bits per heavy atom. The summed E-state index contributed by atoms with van der Waals surface area (Å²) < 4.78 is 5.33. The maximum atomic E-state index is 5.33. The van der Waals surface area contributed by atoms with Crippen molar-refractivity contribution in [2.75, 3.05) is 57.1 Å². The van der Waals surface area contributed by atoms with Crippen molar-refractivity contribution in [1.82, 2.24) is 9.88 Å². The second-order valence-electron chi connectivity index (χ2n) is 4.45. The van der Waals surface area contributed by atoms with Gasteiger partial charge in [-0.1, -0.05) is 0 Å². The molecule has 1 saturated heterocycles. The zero-order valence-electron chi connectivity index (χ0n) is 11.0. The number of rotatable bonds is 6. The van der Waals surface area contributed by atoms with Gasteiger partial charge in [0.1, 0.15) is 0 Å². The molecule has 5 nitrogen and oxygen atoms in total. The van der Waals surface area contributed by atoms with E-state index >= 15 is 0 Å². The van der Waals surface area contributed by atoms with Crippen LogP contribution in [0.4, 0.5) is 11.4 Å². The fraction of sp³-hybridized carbons (Fsp3) is 0.615. The second-order valence-corrected chi connectivity index (χ2v) is 4.45. The van der Waals surface area contributed by atoms with Crippen LogP contribution in [0.15, 0.2) is 18.5 Å². The van der Waals surface area contributed by atoms with Crippen LogP contribution in [0, 0.1) is 0 Å². The number of anilines is 2. The van der Waals surface area contributed by atoms with E-state index in [1.165, 1.54) is 0 Å². The molecule has 2 rings (SSSR count). The van der Waals surface area contributed by atoms with E-state index in [0.29, 0.717) is 0 Å². The minimum absolute atomic E-state index is 0.877. The first kappa shape index (κ1) is 13.1. The highest BCUT2D eigenvalue weighted by Gasteiger charge is 2.08. The summed E-state index contributed by atoms with van der Waals surface area (Å²) in [4.78, 5) is 6.62. The second kappa shape index (κ2) is 7.18. The molecule has 1 aliphatic heterocycles. The molecule has 0 aromatic carbocycles. The van der Waals surface area contributed by atoms with Crippen molar-refractivity contribution in [2.45, 2.75) is 6.42 Å². The smallest absolute Gasteiger partial charge is 0.0594 e. The number of hydrogen-bond donors (Lipinski definition) is 2.